The van der Waals surface area contributed by atoms with Crippen molar-refractivity contribution in [3.63, 3.8) is 0 Å². The molecule has 3 saturated heterocycles. The minimum atomic E-state index is -0.894. The van der Waals surface area contributed by atoms with E-state index in [1.807, 2.05) is 4.90 Å². The third-order valence-corrected chi connectivity index (χ3v) is 12.5. The Balaban J connectivity index is 0.776. The number of amides is 3. The number of pyridine rings is 1. The molecule has 5 heterocycles. The summed E-state index contributed by atoms with van der Waals surface area (Å²) < 4.78 is 31.7. The molecule has 4 aliphatic rings. The van der Waals surface area contributed by atoms with Gasteiger partial charge in [-0.2, -0.15) is 0 Å². The van der Waals surface area contributed by atoms with Crippen molar-refractivity contribution in [1.29, 1.82) is 0 Å². The van der Waals surface area contributed by atoms with Crippen LogP contribution in [0.5, 0.6) is 0 Å². The highest BCUT2D eigenvalue weighted by Gasteiger charge is 2.39. The second kappa shape index (κ2) is 17.4. The van der Waals surface area contributed by atoms with Crippen molar-refractivity contribution in [2.75, 3.05) is 43.4 Å². The minimum absolute atomic E-state index is 0.0278. The number of carbonyl (C=O) groups is 3. The standard InChI is InChI=1S/C44H50F2N8O5/c45-35-25-32(48-37-13-14-38(55)50-41(37)57)11-12-34(35)28-15-20-52(21-16-28)27-44(59)17-22-53(23-18-44)42(58)29-7-9-31(10-8-29)49-43-47-26-36(46)40(51-43)30-4-3-5-33(24-30)54-19-2-1-6-39(54)56/h1-6,11-12,19,24-26,28-29,31,37,48,59H,7-10,13-18,20-23,27H2,(H,47,49,51)(H,50,55,57)/t29?,31?,37-/m1/s1. The van der Waals surface area contributed by atoms with E-state index in [4.69, 9.17) is 0 Å². The van der Waals surface area contributed by atoms with E-state index in [1.54, 1.807) is 54.7 Å². The summed E-state index contributed by atoms with van der Waals surface area (Å²) in [7, 11) is 0. The highest BCUT2D eigenvalue weighted by atomic mass is 19.1. The molecule has 4 aromatic rings. The number of carbonyl (C=O) groups excluding carboxylic acids is 3. The smallest absolute Gasteiger partial charge is 0.255 e. The van der Waals surface area contributed by atoms with Gasteiger partial charge in [-0.25, -0.2) is 18.7 Å². The topological polar surface area (TPSA) is 162 Å². The lowest BCUT2D eigenvalue weighted by atomic mass is 9.83. The highest BCUT2D eigenvalue weighted by molar-refractivity contribution is 6.01. The Morgan fingerprint density at radius 2 is 1.64 bits per heavy atom. The Bertz CT molecular complexity index is 2250. The molecule has 3 amide bonds. The first-order valence-electron chi connectivity index (χ1n) is 20.7. The van der Waals surface area contributed by atoms with Crippen LogP contribution in [0.15, 0.2) is 77.9 Å². The first kappa shape index (κ1) is 40.2. The van der Waals surface area contributed by atoms with Crippen LogP contribution in [-0.4, -0.2) is 97.6 Å². The molecular formula is C44H50F2N8O5. The maximum Gasteiger partial charge on any atom is 0.255 e. The van der Waals surface area contributed by atoms with Crippen molar-refractivity contribution in [3.8, 4) is 16.9 Å². The molecule has 0 spiro atoms. The predicted octanol–water partition coefficient (Wildman–Crippen LogP) is 4.99. The van der Waals surface area contributed by atoms with Crippen LogP contribution in [0.25, 0.3) is 16.9 Å². The minimum Gasteiger partial charge on any atom is -0.388 e. The van der Waals surface area contributed by atoms with Crippen LogP contribution in [0.4, 0.5) is 20.4 Å². The molecule has 2 aromatic heterocycles. The van der Waals surface area contributed by atoms with E-state index in [1.165, 1.54) is 16.7 Å². The number of nitrogens with one attached hydrogen (secondary N) is 3. The molecule has 15 heteroatoms. The maximum absolute atomic E-state index is 15.3. The maximum atomic E-state index is 15.3. The van der Waals surface area contributed by atoms with Crippen molar-refractivity contribution in [2.45, 2.75) is 87.8 Å². The van der Waals surface area contributed by atoms with Gasteiger partial charge in [-0.3, -0.25) is 29.1 Å². The van der Waals surface area contributed by atoms with Crippen molar-refractivity contribution in [3.05, 3.63) is 101 Å². The summed E-state index contributed by atoms with van der Waals surface area (Å²) in [6.07, 6.45) is 8.82. The lowest BCUT2D eigenvalue weighted by Crippen LogP contribution is -2.54. The summed E-state index contributed by atoms with van der Waals surface area (Å²) in [4.78, 5) is 62.4. The molecule has 8 rings (SSSR count). The quantitative estimate of drug-likeness (QED) is 0.161. The second-order valence-electron chi connectivity index (χ2n) is 16.5. The monoisotopic (exact) mass is 808 g/mol. The second-order valence-corrected chi connectivity index (χ2v) is 16.5. The number of likely N-dealkylation sites (tertiary alicyclic amines) is 2. The number of hydrogen-bond acceptors (Lipinski definition) is 10. The van der Waals surface area contributed by atoms with E-state index in [-0.39, 0.29) is 53.2 Å². The van der Waals surface area contributed by atoms with Crippen LogP contribution in [0, 0.1) is 17.6 Å². The summed E-state index contributed by atoms with van der Waals surface area (Å²) in [5.74, 6) is -1.20. The third kappa shape index (κ3) is 9.36. The fourth-order valence-corrected chi connectivity index (χ4v) is 9.11. The van der Waals surface area contributed by atoms with E-state index >= 15 is 4.39 Å². The number of aromatic nitrogens is 3. The van der Waals surface area contributed by atoms with Gasteiger partial charge in [0.25, 0.3) is 5.56 Å². The van der Waals surface area contributed by atoms with Gasteiger partial charge in [0.15, 0.2) is 5.82 Å². The number of aliphatic hydroxyl groups is 1. The Morgan fingerprint density at radius 1 is 0.864 bits per heavy atom. The lowest BCUT2D eigenvalue weighted by molar-refractivity contribution is -0.141. The van der Waals surface area contributed by atoms with Crippen LogP contribution in [0.2, 0.25) is 0 Å². The molecule has 0 radical (unpaired) electrons. The Labute approximate surface area is 341 Å². The van der Waals surface area contributed by atoms with Gasteiger partial charge in [-0.15, -0.1) is 0 Å². The normalized spacial score (nSPS) is 22.8. The molecule has 0 bridgehead atoms. The zero-order valence-electron chi connectivity index (χ0n) is 32.9. The molecule has 0 unspecified atom stereocenters. The number of benzene rings is 2. The molecule has 4 fully saturated rings. The van der Waals surface area contributed by atoms with E-state index in [0.717, 1.165) is 45.0 Å². The Morgan fingerprint density at radius 3 is 2.37 bits per heavy atom. The molecular weight excluding hydrogens is 759 g/mol. The average Bonchev–Trinajstić information content (AvgIpc) is 3.23. The Kier molecular flexibility index (Phi) is 11.8. The van der Waals surface area contributed by atoms with Crippen LogP contribution >= 0.6 is 0 Å². The summed E-state index contributed by atoms with van der Waals surface area (Å²) in [5.41, 5.74) is 1.31. The number of β-amino-alcohol motifs (C(OH)–C–C–N with tert-alkyl or cyclic N) is 1. The zero-order valence-corrected chi connectivity index (χ0v) is 32.9. The van der Waals surface area contributed by atoms with E-state index in [0.29, 0.717) is 80.2 Å². The molecule has 310 valence electrons. The fraction of sp³-hybridized carbons (Fsp3) is 0.455. The largest absolute Gasteiger partial charge is 0.388 e. The van der Waals surface area contributed by atoms with Gasteiger partial charge in [-0.1, -0.05) is 24.3 Å². The number of hydrogen-bond donors (Lipinski definition) is 4. The molecule has 4 N–H and O–H groups in total. The van der Waals surface area contributed by atoms with Gasteiger partial charge in [0.2, 0.25) is 23.7 Å². The van der Waals surface area contributed by atoms with Crippen LogP contribution in [-0.2, 0) is 14.4 Å². The summed E-state index contributed by atoms with van der Waals surface area (Å²) in [5, 5.41) is 20.3. The highest BCUT2D eigenvalue weighted by Crippen LogP contribution is 2.35. The van der Waals surface area contributed by atoms with Gasteiger partial charge in [-0.05, 0) is 113 Å². The van der Waals surface area contributed by atoms with E-state index in [9.17, 15) is 28.7 Å². The predicted molar refractivity (Wildman–Crippen MR) is 218 cm³/mol. The third-order valence-electron chi connectivity index (χ3n) is 12.5. The van der Waals surface area contributed by atoms with Crippen molar-refractivity contribution < 1.29 is 28.3 Å². The molecule has 1 atom stereocenters. The fourth-order valence-electron chi connectivity index (χ4n) is 9.11. The summed E-state index contributed by atoms with van der Waals surface area (Å²) >= 11 is 0. The average molecular weight is 809 g/mol. The summed E-state index contributed by atoms with van der Waals surface area (Å²) in [6.45, 7) is 2.98. The van der Waals surface area contributed by atoms with Gasteiger partial charge >= 0.3 is 0 Å². The number of halogens is 2. The molecule has 3 aliphatic heterocycles. The Hall–Kier alpha value is -5.54. The number of rotatable bonds is 10. The van der Waals surface area contributed by atoms with Gasteiger partial charge in [0.05, 0.1) is 11.8 Å². The number of nitrogens with zero attached hydrogens (tertiary/aromatic N) is 5. The van der Waals surface area contributed by atoms with Gasteiger partial charge in [0, 0.05) is 67.2 Å². The molecule has 1 saturated carbocycles. The number of piperidine rings is 3. The van der Waals surface area contributed by atoms with Gasteiger partial charge < -0.3 is 25.5 Å². The van der Waals surface area contributed by atoms with Crippen molar-refractivity contribution in [2.24, 2.45) is 5.92 Å². The summed E-state index contributed by atoms with van der Waals surface area (Å²) in [6, 6.07) is 16.3. The van der Waals surface area contributed by atoms with Crippen molar-refractivity contribution >= 4 is 29.4 Å². The SMILES string of the molecule is O=C1CC[C@@H](Nc2ccc(C3CCN(CC4(O)CCN(C(=O)C5CCC(Nc6ncc(F)c(-c7cccc(-n8ccccc8=O)c7)n6)CC5)CC4)CC3)c(F)c2)C(=O)N1. The molecule has 13 nitrogen and oxygen atoms in total. The van der Waals surface area contributed by atoms with Crippen LogP contribution < -0.4 is 21.5 Å². The van der Waals surface area contributed by atoms with Crippen LogP contribution in [0.3, 0.4) is 0 Å². The van der Waals surface area contributed by atoms with Crippen LogP contribution in [0.1, 0.15) is 75.7 Å². The first-order valence-corrected chi connectivity index (χ1v) is 20.7. The zero-order chi connectivity index (χ0) is 41.1. The van der Waals surface area contributed by atoms with Crippen molar-refractivity contribution in [1.82, 2.24) is 29.7 Å². The number of imide groups is 1. The van der Waals surface area contributed by atoms with E-state index in [2.05, 4.69) is 30.8 Å². The molecule has 1 aliphatic carbocycles. The van der Waals surface area contributed by atoms with Gasteiger partial charge in [0.1, 0.15) is 17.6 Å². The number of anilines is 2. The molecule has 2 aromatic carbocycles. The first-order chi connectivity index (χ1) is 28.5. The lowest BCUT2D eigenvalue weighted by Gasteiger charge is -2.43. The molecule has 59 heavy (non-hydrogen) atoms. The van der Waals surface area contributed by atoms with E-state index < -0.39 is 23.4 Å².